The molecule has 0 aliphatic heterocycles. The minimum atomic E-state index is 0.593. The molecule has 0 fully saturated rings. The van der Waals surface area contributed by atoms with Gasteiger partial charge in [0.1, 0.15) is 0 Å². The first kappa shape index (κ1) is 14.5. The van der Waals surface area contributed by atoms with Crippen LogP contribution in [0.15, 0.2) is 24.3 Å². The van der Waals surface area contributed by atoms with Crippen LogP contribution in [0.3, 0.4) is 0 Å². The molecule has 2 N–H and O–H groups in total. The van der Waals surface area contributed by atoms with E-state index in [4.69, 9.17) is 12.3 Å². The number of fused-ring (bicyclic) bond motifs is 1. The van der Waals surface area contributed by atoms with Crippen molar-refractivity contribution < 1.29 is 0 Å². The second-order valence-electron chi connectivity index (χ2n) is 2.42. The van der Waals surface area contributed by atoms with Crippen molar-refractivity contribution >= 4 is 32.1 Å². The van der Waals surface area contributed by atoms with Gasteiger partial charge in [0, 0.05) is 10.1 Å². The number of rotatable bonds is 0. The lowest BCUT2D eigenvalue weighted by Crippen LogP contribution is -1.75. The lowest BCUT2D eigenvalue weighted by molar-refractivity contribution is 1.50. The highest BCUT2D eigenvalue weighted by molar-refractivity contribution is 7.23. The van der Waals surface area contributed by atoms with Crippen LogP contribution in [0.2, 0.25) is 0 Å². The van der Waals surface area contributed by atoms with E-state index in [-0.39, 0.29) is 0 Å². The van der Waals surface area contributed by atoms with Gasteiger partial charge in [-0.3, -0.25) is 0 Å². The maximum absolute atomic E-state index is 6.93. The lowest BCUT2D eigenvalue weighted by atomic mass is 10.2. The van der Waals surface area contributed by atoms with Gasteiger partial charge in [0.2, 0.25) is 5.69 Å². The molecule has 0 spiro atoms. The number of anilines is 1. The summed E-state index contributed by atoms with van der Waals surface area (Å²) in [6.45, 7) is 14.9. The molecule has 0 saturated heterocycles. The number of nitrogen functional groups attached to an aromatic ring is 1. The van der Waals surface area contributed by atoms with E-state index in [9.17, 15) is 0 Å². The molecule has 16 heavy (non-hydrogen) atoms. The fourth-order valence-electron chi connectivity index (χ4n) is 1.17. The first-order chi connectivity index (χ1) is 7.83. The van der Waals surface area contributed by atoms with Gasteiger partial charge in [0.15, 0.2) is 0 Å². The van der Waals surface area contributed by atoms with E-state index < -0.39 is 0 Å². The van der Waals surface area contributed by atoms with Gasteiger partial charge in [-0.15, -0.1) is 11.3 Å². The highest BCUT2D eigenvalue weighted by Gasteiger charge is 2.07. The third-order valence-corrected chi connectivity index (χ3v) is 2.70. The molecule has 0 bridgehead atoms. The highest BCUT2D eigenvalue weighted by atomic mass is 32.1. The van der Waals surface area contributed by atoms with Crippen LogP contribution in [0.5, 0.6) is 0 Å². The Morgan fingerprint density at radius 1 is 1.12 bits per heavy atom. The van der Waals surface area contributed by atoms with Gasteiger partial charge in [0.05, 0.1) is 11.6 Å². The molecule has 0 unspecified atom stereocenters. The molecule has 1 aromatic heterocycles. The van der Waals surface area contributed by atoms with Crippen molar-refractivity contribution in [2.75, 3.05) is 5.73 Å². The third kappa shape index (κ3) is 2.98. The largest absolute Gasteiger partial charge is 0.399 e. The summed E-state index contributed by atoms with van der Waals surface area (Å²) in [6.07, 6.45) is 0. The molecule has 0 aliphatic carbocycles. The van der Waals surface area contributed by atoms with Crippen molar-refractivity contribution in [2.24, 2.45) is 0 Å². The van der Waals surface area contributed by atoms with Crippen molar-refractivity contribution in [1.82, 2.24) is 0 Å². The number of hydrogen-bond donors (Lipinski definition) is 1. The van der Waals surface area contributed by atoms with Crippen LogP contribution in [0, 0.1) is 6.57 Å². The Labute approximate surface area is 102 Å². The molecule has 86 valence electrons. The van der Waals surface area contributed by atoms with Crippen LogP contribution in [0.25, 0.3) is 14.9 Å². The minimum Gasteiger partial charge on any atom is -0.399 e. The molecule has 1 heterocycles. The smallest absolute Gasteiger partial charge is 0.227 e. The van der Waals surface area contributed by atoms with E-state index in [0.717, 1.165) is 10.1 Å². The first-order valence-corrected chi connectivity index (χ1v) is 6.29. The molecular weight excluding hydrogens is 216 g/mol. The quantitative estimate of drug-likeness (QED) is 0.632. The molecule has 3 heteroatoms. The zero-order chi connectivity index (χ0) is 12.6. The summed E-state index contributed by atoms with van der Waals surface area (Å²) in [5.41, 5.74) is 6.26. The van der Waals surface area contributed by atoms with Gasteiger partial charge in [-0.2, -0.15) is 0 Å². The molecular formula is C13H18N2S. The molecule has 1 aromatic carbocycles. The predicted molar refractivity (Wildman–Crippen MR) is 75.2 cm³/mol. The van der Waals surface area contributed by atoms with Gasteiger partial charge in [0.25, 0.3) is 0 Å². The van der Waals surface area contributed by atoms with Crippen LogP contribution in [0.1, 0.15) is 27.7 Å². The van der Waals surface area contributed by atoms with E-state index in [1.165, 1.54) is 11.3 Å². The van der Waals surface area contributed by atoms with Crippen LogP contribution in [0.4, 0.5) is 10.7 Å². The van der Waals surface area contributed by atoms with Crippen molar-refractivity contribution in [3.8, 4) is 0 Å². The first-order valence-electron chi connectivity index (χ1n) is 5.47. The van der Waals surface area contributed by atoms with Crippen LogP contribution in [-0.2, 0) is 0 Å². The molecule has 0 saturated carbocycles. The molecule has 0 atom stereocenters. The summed E-state index contributed by atoms with van der Waals surface area (Å²) in [6, 6.07) is 7.77. The second-order valence-corrected chi connectivity index (χ2v) is 3.51. The summed E-state index contributed by atoms with van der Waals surface area (Å²) in [5, 5.41) is 1.58. The molecule has 0 radical (unpaired) electrons. The summed E-state index contributed by atoms with van der Waals surface area (Å²) < 4.78 is 1.08. The molecule has 0 amide bonds. The number of nitrogens with zero attached hydrogens (tertiary/aromatic N) is 1. The van der Waals surface area contributed by atoms with E-state index in [1.54, 1.807) is 0 Å². The zero-order valence-corrected chi connectivity index (χ0v) is 11.1. The van der Waals surface area contributed by atoms with E-state index in [2.05, 4.69) is 4.85 Å². The summed E-state index contributed by atoms with van der Waals surface area (Å²) >= 11 is 1.47. The number of benzene rings is 1. The Morgan fingerprint density at radius 2 is 1.69 bits per heavy atom. The summed E-state index contributed by atoms with van der Waals surface area (Å²) in [7, 11) is 0. The Kier molecular flexibility index (Phi) is 6.98. The van der Waals surface area contributed by atoms with Crippen molar-refractivity contribution in [3.63, 3.8) is 0 Å². The molecule has 2 nitrogen and oxygen atoms in total. The van der Waals surface area contributed by atoms with Crippen molar-refractivity contribution in [2.45, 2.75) is 27.7 Å². The number of nitrogens with two attached hydrogens (primary N) is 1. The van der Waals surface area contributed by atoms with E-state index in [0.29, 0.717) is 10.7 Å². The maximum atomic E-state index is 6.93. The van der Waals surface area contributed by atoms with Crippen molar-refractivity contribution in [3.05, 3.63) is 35.7 Å². The van der Waals surface area contributed by atoms with Gasteiger partial charge < -0.3 is 5.73 Å². The maximum Gasteiger partial charge on any atom is 0.227 e. The average Bonchev–Trinajstić information content (AvgIpc) is 2.69. The fraction of sp³-hybridized carbons (Fsp3) is 0.308. The van der Waals surface area contributed by atoms with Gasteiger partial charge >= 0.3 is 0 Å². The Bertz CT molecular complexity index is 466. The van der Waals surface area contributed by atoms with Gasteiger partial charge in [-0.05, 0) is 6.07 Å². The fourth-order valence-corrected chi connectivity index (χ4v) is 2.08. The van der Waals surface area contributed by atoms with Crippen LogP contribution < -0.4 is 5.73 Å². The van der Waals surface area contributed by atoms with Crippen molar-refractivity contribution in [1.29, 1.82) is 0 Å². The monoisotopic (exact) mass is 234 g/mol. The number of hydrogen-bond acceptors (Lipinski definition) is 2. The Balaban J connectivity index is 0.000000509. The topological polar surface area (TPSA) is 30.4 Å². The van der Waals surface area contributed by atoms with Crippen LogP contribution >= 0.6 is 11.3 Å². The predicted octanol–water partition coefficient (Wildman–Crippen LogP) is 5.09. The minimum absolute atomic E-state index is 0.593. The van der Waals surface area contributed by atoms with Gasteiger partial charge in [-0.1, -0.05) is 45.9 Å². The lowest BCUT2D eigenvalue weighted by Gasteiger charge is -1.86. The average molecular weight is 234 g/mol. The Morgan fingerprint density at radius 3 is 2.25 bits per heavy atom. The summed E-state index contributed by atoms with van der Waals surface area (Å²) in [5.74, 6) is 0. The van der Waals surface area contributed by atoms with Crippen LogP contribution in [-0.4, -0.2) is 0 Å². The molecule has 0 aliphatic rings. The zero-order valence-electron chi connectivity index (χ0n) is 10.2. The normalized spacial score (nSPS) is 8.19. The second kappa shape index (κ2) is 7.72. The third-order valence-electron chi connectivity index (χ3n) is 1.71. The Hall–Kier alpha value is -1.53. The molecule has 2 rings (SSSR count). The van der Waals surface area contributed by atoms with E-state index in [1.807, 2.05) is 52.0 Å². The SMILES string of the molecule is CC.CC.[C-]#[N+]c1c(N)sc2ccccc12. The summed E-state index contributed by atoms with van der Waals surface area (Å²) in [4.78, 5) is 3.39. The highest BCUT2D eigenvalue weighted by Crippen LogP contribution is 2.39. The van der Waals surface area contributed by atoms with E-state index >= 15 is 0 Å². The van der Waals surface area contributed by atoms with Gasteiger partial charge in [-0.25, -0.2) is 4.85 Å². The standard InChI is InChI=1S/C9H6N2S.2C2H6/c1-11-8-6-4-2-3-5-7(6)12-9(8)10;2*1-2/h2-5H,10H2;2*1-2H3. The molecule has 2 aromatic rings. The number of thiophene rings is 1.